The molecule has 0 saturated heterocycles. The van der Waals surface area contributed by atoms with Crippen molar-refractivity contribution >= 4 is 0 Å². The lowest BCUT2D eigenvalue weighted by molar-refractivity contribution is 0.0367. The first kappa shape index (κ1) is 10.2. The van der Waals surface area contributed by atoms with Crippen LogP contribution in [0.5, 0.6) is 0 Å². The molecule has 1 aromatic heterocycles. The summed E-state index contributed by atoms with van der Waals surface area (Å²) in [5.41, 5.74) is -0.152. The fourth-order valence-electron chi connectivity index (χ4n) is 1.08. The fourth-order valence-corrected chi connectivity index (χ4v) is 1.08. The lowest BCUT2D eigenvalue weighted by Crippen LogP contribution is -2.23. The molecule has 1 unspecified atom stereocenters. The van der Waals surface area contributed by atoms with Crippen LogP contribution >= 0.6 is 0 Å². The van der Waals surface area contributed by atoms with E-state index in [9.17, 15) is 5.11 Å². The lowest BCUT2D eigenvalue weighted by Gasteiger charge is -2.28. The van der Waals surface area contributed by atoms with Crippen molar-refractivity contribution in [2.24, 2.45) is 12.5 Å². The van der Waals surface area contributed by atoms with Crippen LogP contribution in [0.2, 0.25) is 0 Å². The van der Waals surface area contributed by atoms with E-state index in [1.54, 1.807) is 10.9 Å². The van der Waals surface area contributed by atoms with E-state index in [0.717, 1.165) is 6.42 Å². The maximum atomic E-state index is 9.99. The van der Waals surface area contributed by atoms with Crippen molar-refractivity contribution in [1.82, 2.24) is 14.8 Å². The molecule has 0 fully saturated rings. The molecule has 0 aromatic carbocycles. The number of rotatable bonds is 3. The Morgan fingerprint density at radius 1 is 1.62 bits per heavy atom. The Bertz CT molecular complexity index is 280. The quantitative estimate of drug-likeness (QED) is 0.768. The van der Waals surface area contributed by atoms with Gasteiger partial charge in [0.2, 0.25) is 0 Å². The minimum Gasteiger partial charge on any atom is -0.385 e. The second-order valence-corrected chi connectivity index (χ2v) is 4.04. The van der Waals surface area contributed by atoms with Gasteiger partial charge in [-0.05, 0) is 11.8 Å². The highest BCUT2D eigenvalue weighted by atomic mass is 16.3. The molecule has 1 rings (SSSR count). The second-order valence-electron chi connectivity index (χ2n) is 4.04. The van der Waals surface area contributed by atoms with Crippen molar-refractivity contribution in [2.75, 3.05) is 0 Å². The van der Waals surface area contributed by atoms with E-state index in [2.05, 4.69) is 17.1 Å². The summed E-state index contributed by atoms with van der Waals surface area (Å²) in [5, 5.41) is 17.6. The molecule has 13 heavy (non-hydrogen) atoms. The van der Waals surface area contributed by atoms with Crippen LogP contribution in [-0.2, 0) is 7.05 Å². The molecule has 0 spiro atoms. The maximum absolute atomic E-state index is 9.99. The van der Waals surface area contributed by atoms with Gasteiger partial charge in [0.15, 0.2) is 5.82 Å². The summed E-state index contributed by atoms with van der Waals surface area (Å²) in [6.07, 6.45) is 1.95. The predicted molar refractivity (Wildman–Crippen MR) is 50.0 cm³/mol. The molecule has 4 nitrogen and oxygen atoms in total. The van der Waals surface area contributed by atoms with Gasteiger partial charge in [-0.1, -0.05) is 20.8 Å². The van der Waals surface area contributed by atoms with Crippen LogP contribution < -0.4 is 0 Å². The van der Waals surface area contributed by atoms with Gasteiger partial charge >= 0.3 is 0 Å². The largest absolute Gasteiger partial charge is 0.385 e. The third-order valence-corrected chi connectivity index (χ3v) is 2.64. The van der Waals surface area contributed by atoms with Crippen molar-refractivity contribution in [3.63, 3.8) is 0 Å². The highest BCUT2D eigenvalue weighted by molar-refractivity contribution is 4.96. The number of hydrogen-bond acceptors (Lipinski definition) is 3. The van der Waals surface area contributed by atoms with Crippen LogP contribution in [0, 0.1) is 5.41 Å². The molecule has 1 atom stereocenters. The molecule has 1 aromatic rings. The van der Waals surface area contributed by atoms with Crippen LogP contribution in [-0.4, -0.2) is 19.9 Å². The molecule has 0 bridgehead atoms. The van der Waals surface area contributed by atoms with Gasteiger partial charge in [-0.25, -0.2) is 0 Å². The van der Waals surface area contributed by atoms with E-state index in [1.807, 2.05) is 20.9 Å². The topological polar surface area (TPSA) is 50.9 Å². The summed E-state index contributed by atoms with van der Waals surface area (Å²) in [4.78, 5) is 0. The van der Waals surface area contributed by atoms with Crippen LogP contribution in [0.4, 0.5) is 0 Å². The van der Waals surface area contributed by atoms with E-state index in [1.165, 1.54) is 0 Å². The highest BCUT2D eigenvalue weighted by Crippen LogP contribution is 2.34. The van der Waals surface area contributed by atoms with E-state index >= 15 is 0 Å². The minimum absolute atomic E-state index is 0.152. The average molecular weight is 183 g/mol. The third-order valence-electron chi connectivity index (χ3n) is 2.64. The molecule has 1 heterocycles. The van der Waals surface area contributed by atoms with E-state index in [0.29, 0.717) is 5.82 Å². The Kier molecular flexibility index (Phi) is 2.71. The van der Waals surface area contributed by atoms with Crippen molar-refractivity contribution < 1.29 is 5.11 Å². The smallest absolute Gasteiger partial charge is 0.162 e. The number of aliphatic hydroxyl groups is 1. The normalized spacial score (nSPS) is 14.5. The number of nitrogens with zero attached hydrogens (tertiary/aromatic N) is 3. The average Bonchev–Trinajstić information content (AvgIpc) is 2.50. The third kappa shape index (κ3) is 1.88. The molecule has 0 aliphatic carbocycles. The predicted octanol–water partition coefficient (Wildman–Crippen LogP) is 1.28. The summed E-state index contributed by atoms with van der Waals surface area (Å²) in [6, 6.07) is 0. The zero-order valence-electron chi connectivity index (χ0n) is 8.65. The summed E-state index contributed by atoms with van der Waals surface area (Å²) < 4.78 is 1.75. The second kappa shape index (κ2) is 3.46. The van der Waals surface area contributed by atoms with Gasteiger partial charge in [-0.2, -0.15) is 0 Å². The Balaban J connectivity index is 2.91. The maximum Gasteiger partial charge on any atom is 0.162 e. The monoisotopic (exact) mass is 183 g/mol. The van der Waals surface area contributed by atoms with E-state index < -0.39 is 6.10 Å². The molecule has 0 amide bonds. The van der Waals surface area contributed by atoms with Crippen molar-refractivity contribution in [2.45, 2.75) is 33.3 Å². The number of hydrogen-bond donors (Lipinski definition) is 1. The Morgan fingerprint density at radius 3 is 2.62 bits per heavy atom. The van der Waals surface area contributed by atoms with Crippen molar-refractivity contribution in [3.8, 4) is 0 Å². The Labute approximate surface area is 78.6 Å². The number of aliphatic hydroxyl groups excluding tert-OH is 1. The van der Waals surface area contributed by atoms with Gasteiger partial charge < -0.3 is 9.67 Å². The van der Waals surface area contributed by atoms with Crippen LogP contribution in [0.3, 0.4) is 0 Å². The molecule has 74 valence electrons. The number of aromatic nitrogens is 3. The zero-order chi connectivity index (χ0) is 10.1. The molecule has 4 heteroatoms. The van der Waals surface area contributed by atoms with Gasteiger partial charge in [-0.15, -0.1) is 10.2 Å². The molecular weight excluding hydrogens is 166 g/mol. The van der Waals surface area contributed by atoms with Crippen LogP contribution in [0.15, 0.2) is 6.33 Å². The van der Waals surface area contributed by atoms with Gasteiger partial charge in [0, 0.05) is 7.05 Å². The molecule has 0 radical (unpaired) electrons. The van der Waals surface area contributed by atoms with Crippen LogP contribution in [0.25, 0.3) is 0 Å². The van der Waals surface area contributed by atoms with Crippen LogP contribution in [0.1, 0.15) is 39.1 Å². The van der Waals surface area contributed by atoms with Crippen molar-refractivity contribution in [3.05, 3.63) is 12.2 Å². The number of aryl methyl sites for hydroxylation is 1. The molecule has 0 saturated carbocycles. The lowest BCUT2D eigenvalue weighted by atomic mass is 9.83. The Morgan fingerprint density at radius 2 is 2.23 bits per heavy atom. The summed E-state index contributed by atoms with van der Waals surface area (Å²) in [6.45, 7) is 6.10. The van der Waals surface area contributed by atoms with Gasteiger partial charge in [0.1, 0.15) is 12.4 Å². The molecule has 1 N–H and O–H groups in total. The highest BCUT2D eigenvalue weighted by Gasteiger charge is 2.30. The van der Waals surface area contributed by atoms with Gasteiger partial charge in [-0.3, -0.25) is 0 Å². The molecule has 0 aliphatic heterocycles. The fraction of sp³-hybridized carbons (Fsp3) is 0.778. The summed E-state index contributed by atoms with van der Waals surface area (Å²) in [5.74, 6) is 0.631. The first-order valence-corrected chi connectivity index (χ1v) is 4.51. The first-order valence-electron chi connectivity index (χ1n) is 4.51. The SMILES string of the molecule is CCC(C)(C)C(O)c1nncn1C. The zero-order valence-corrected chi connectivity index (χ0v) is 8.65. The summed E-state index contributed by atoms with van der Waals surface area (Å²) >= 11 is 0. The van der Waals surface area contributed by atoms with Gasteiger partial charge in [0.05, 0.1) is 0 Å². The van der Waals surface area contributed by atoms with Crippen molar-refractivity contribution in [1.29, 1.82) is 0 Å². The molecule has 0 aliphatic rings. The first-order chi connectivity index (χ1) is 5.99. The van der Waals surface area contributed by atoms with Gasteiger partial charge in [0.25, 0.3) is 0 Å². The standard InChI is InChI=1S/C9H17N3O/c1-5-9(2,3)7(13)8-11-10-6-12(8)4/h6-7,13H,5H2,1-4H3. The van der Waals surface area contributed by atoms with E-state index in [4.69, 9.17) is 0 Å². The van der Waals surface area contributed by atoms with E-state index in [-0.39, 0.29) is 5.41 Å². The summed E-state index contributed by atoms with van der Waals surface area (Å²) in [7, 11) is 1.84. The Hall–Kier alpha value is -0.900. The minimum atomic E-state index is -0.551. The molecular formula is C9H17N3O.